The zero-order valence-electron chi connectivity index (χ0n) is 12.1. The van der Waals surface area contributed by atoms with Crippen LogP contribution >= 0.6 is 0 Å². The number of likely N-dealkylation sites (N-methyl/N-ethyl adjacent to an activating group) is 2. The molecule has 0 aliphatic heterocycles. The fourth-order valence-electron chi connectivity index (χ4n) is 3.33. The molecule has 18 heavy (non-hydrogen) atoms. The Hall–Kier alpha value is -0.860. The Balaban J connectivity index is 2.28. The fraction of sp³-hybridized carbons (Fsp3) is 0.625. The van der Waals surface area contributed by atoms with Gasteiger partial charge in [-0.25, -0.2) is 0 Å². The molecular weight excluding hydrogens is 220 g/mol. The average Bonchev–Trinajstić information content (AvgIpc) is 2.70. The quantitative estimate of drug-likeness (QED) is 0.859. The van der Waals surface area contributed by atoms with Crippen LogP contribution in [0.2, 0.25) is 0 Å². The summed E-state index contributed by atoms with van der Waals surface area (Å²) in [4.78, 5) is 2.62. The van der Waals surface area contributed by atoms with E-state index in [4.69, 9.17) is 0 Å². The molecule has 2 atom stereocenters. The van der Waals surface area contributed by atoms with Crippen LogP contribution in [0.3, 0.4) is 0 Å². The summed E-state index contributed by atoms with van der Waals surface area (Å²) in [6.07, 6.45) is 1.18. The molecule has 0 radical (unpaired) electrons. The van der Waals surface area contributed by atoms with Gasteiger partial charge >= 0.3 is 0 Å². The van der Waals surface area contributed by atoms with Gasteiger partial charge < -0.3 is 5.32 Å². The summed E-state index contributed by atoms with van der Waals surface area (Å²) in [7, 11) is 0. The summed E-state index contributed by atoms with van der Waals surface area (Å²) in [6, 6.07) is 10.6. The third kappa shape index (κ3) is 2.45. The second-order valence-corrected chi connectivity index (χ2v) is 5.43. The summed E-state index contributed by atoms with van der Waals surface area (Å²) < 4.78 is 0. The number of hydrogen-bond acceptors (Lipinski definition) is 2. The maximum Gasteiger partial charge on any atom is 0.0484 e. The summed E-state index contributed by atoms with van der Waals surface area (Å²) >= 11 is 0. The van der Waals surface area contributed by atoms with Gasteiger partial charge in [-0.2, -0.15) is 0 Å². The topological polar surface area (TPSA) is 15.3 Å². The van der Waals surface area contributed by atoms with Crippen molar-refractivity contribution in [2.24, 2.45) is 0 Å². The van der Waals surface area contributed by atoms with E-state index in [0.717, 1.165) is 13.1 Å². The van der Waals surface area contributed by atoms with Gasteiger partial charge in [0.1, 0.15) is 0 Å². The molecule has 0 saturated heterocycles. The second kappa shape index (κ2) is 5.85. The molecule has 1 aliphatic rings. The highest BCUT2D eigenvalue weighted by Crippen LogP contribution is 2.35. The lowest BCUT2D eigenvalue weighted by molar-refractivity contribution is 0.137. The molecule has 1 aromatic rings. The van der Waals surface area contributed by atoms with Crippen LogP contribution in [0.1, 0.15) is 44.9 Å². The fourth-order valence-corrected chi connectivity index (χ4v) is 3.33. The predicted molar refractivity (Wildman–Crippen MR) is 77.9 cm³/mol. The number of nitrogens with one attached hydrogen (secondary N) is 1. The normalized spacial score (nSPS) is 22.8. The summed E-state index contributed by atoms with van der Waals surface area (Å²) in [5.74, 6) is 0. The minimum atomic E-state index is 0.494. The number of fused-ring (bicyclic) bond motifs is 1. The molecule has 0 bridgehead atoms. The van der Waals surface area contributed by atoms with E-state index in [1.165, 1.54) is 17.5 Å². The Labute approximate surface area is 111 Å². The van der Waals surface area contributed by atoms with Crippen LogP contribution in [0, 0.1) is 0 Å². The van der Waals surface area contributed by atoms with E-state index in [1.54, 1.807) is 0 Å². The Kier molecular flexibility index (Phi) is 4.41. The first-order valence-electron chi connectivity index (χ1n) is 7.25. The van der Waals surface area contributed by atoms with Crippen LogP contribution in [-0.2, 0) is 6.42 Å². The molecule has 1 N–H and O–H groups in total. The van der Waals surface area contributed by atoms with E-state index in [9.17, 15) is 0 Å². The van der Waals surface area contributed by atoms with Crippen molar-refractivity contribution in [3.8, 4) is 0 Å². The van der Waals surface area contributed by atoms with Gasteiger partial charge in [0.25, 0.3) is 0 Å². The second-order valence-electron chi connectivity index (χ2n) is 5.43. The largest absolute Gasteiger partial charge is 0.309 e. The number of hydrogen-bond donors (Lipinski definition) is 1. The molecule has 0 spiro atoms. The lowest BCUT2D eigenvalue weighted by atomic mass is 10.0. The summed E-state index contributed by atoms with van der Waals surface area (Å²) in [5, 5.41) is 3.68. The first-order chi connectivity index (χ1) is 8.69. The van der Waals surface area contributed by atoms with Crippen LogP contribution in [0.4, 0.5) is 0 Å². The minimum absolute atomic E-state index is 0.494. The van der Waals surface area contributed by atoms with Crippen LogP contribution in [0.5, 0.6) is 0 Å². The molecule has 0 fully saturated rings. The van der Waals surface area contributed by atoms with Gasteiger partial charge in [-0.1, -0.05) is 38.1 Å². The summed E-state index contributed by atoms with van der Waals surface area (Å²) in [6.45, 7) is 11.2. The lowest BCUT2D eigenvalue weighted by Gasteiger charge is -2.35. The average molecular weight is 246 g/mol. The molecule has 2 rings (SSSR count). The zero-order chi connectivity index (χ0) is 13.1. The Morgan fingerprint density at radius 3 is 2.61 bits per heavy atom. The molecule has 0 aromatic heterocycles. The molecule has 0 saturated carbocycles. The van der Waals surface area contributed by atoms with E-state index in [1.807, 2.05) is 0 Å². The zero-order valence-corrected chi connectivity index (χ0v) is 12.1. The SMILES string of the molecule is CCNC1c2ccccc2CC1N(CC)C(C)C. The van der Waals surface area contributed by atoms with Crippen molar-refractivity contribution < 1.29 is 0 Å². The number of rotatable bonds is 5. The van der Waals surface area contributed by atoms with Gasteiger partial charge in [0.15, 0.2) is 0 Å². The number of nitrogens with zero attached hydrogens (tertiary/aromatic N) is 1. The Morgan fingerprint density at radius 2 is 2.00 bits per heavy atom. The Bertz CT molecular complexity index is 386. The standard InChI is InChI=1S/C16H26N2/c1-5-17-16-14-10-8-7-9-13(14)11-15(16)18(6-2)12(3)4/h7-10,12,15-17H,5-6,11H2,1-4H3. The van der Waals surface area contributed by atoms with Gasteiger partial charge in [0.05, 0.1) is 0 Å². The van der Waals surface area contributed by atoms with Crippen molar-refractivity contribution in [3.05, 3.63) is 35.4 Å². The predicted octanol–water partition coefficient (Wildman–Crippen LogP) is 2.99. The van der Waals surface area contributed by atoms with Crippen molar-refractivity contribution in [1.29, 1.82) is 0 Å². The monoisotopic (exact) mass is 246 g/mol. The molecule has 2 nitrogen and oxygen atoms in total. The maximum atomic E-state index is 3.68. The van der Waals surface area contributed by atoms with E-state index in [-0.39, 0.29) is 0 Å². The molecule has 1 aromatic carbocycles. The molecule has 1 aliphatic carbocycles. The highest BCUT2D eigenvalue weighted by molar-refractivity contribution is 5.37. The van der Waals surface area contributed by atoms with Gasteiger partial charge in [0.2, 0.25) is 0 Å². The highest BCUT2D eigenvalue weighted by Gasteiger charge is 2.35. The highest BCUT2D eigenvalue weighted by atomic mass is 15.2. The lowest BCUT2D eigenvalue weighted by Crippen LogP contribution is -2.46. The van der Waals surface area contributed by atoms with E-state index < -0.39 is 0 Å². The first kappa shape index (κ1) is 13.6. The first-order valence-corrected chi connectivity index (χ1v) is 7.25. The van der Waals surface area contributed by atoms with Crippen LogP contribution in [-0.4, -0.2) is 30.1 Å². The van der Waals surface area contributed by atoms with Gasteiger partial charge in [-0.05, 0) is 44.5 Å². The van der Waals surface area contributed by atoms with Crippen LogP contribution in [0.15, 0.2) is 24.3 Å². The van der Waals surface area contributed by atoms with Crippen LogP contribution < -0.4 is 5.32 Å². The van der Waals surface area contributed by atoms with Crippen molar-refractivity contribution in [3.63, 3.8) is 0 Å². The van der Waals surface area contributed by atoms with Crippen molar-refractivity contribution in [2.75, 3.05) is 13.1 Å². The summed E-state index contributed by atoms with van der Waals surface area (Å²) in [5.41, 5.74) is 3.02. The van der Waals surface area contributed by atoms with Crippen molar-refractivity contribution >= 4 is 0 Å². The van der Waals surface area contributed by atoms with E-state index in [0.29, 0.717) is 18.1 Å². The molecular formula is C16H26N2. The third-order valence-electron chi connectivity index (χ3n) is 4.08. The van der Waals surface area contributed by atoms with E-state index in [2.05, 4.69) is 62.2 Å². The molecule has 0 heterocycles. The van der Waals surface area contributed by atoms with Crippen molar-refractivity contribution in [2.45, 2.75) is 52.2 Å². The Morgan fingerprint density at radius 1 is 1.28 bits per heavy atom. The van der Waals surface area contributed by atoms with Gasteiger partial charge in [0, 0.05) is 18.1 Å². The van der Waals surface area contributed by atoms with Gasteiger partial charge in [-0.15, -0.1) is 0 Å². The van der Waals surface area contributed by atoms with E-state index >= 15 is 0 Å². The maximum absolute atomic E-state index is 3.68. The molecule has 0 amide bonds. The van der Waals surface area contributed by atoms with Crippen molar-refractivity contribution in [1.82, 2.24) is 10.2 Å². The third-order valence-corrected chi connectivity index (χ3v) is 4.08. The van der Waals surface area contributed by atoms with Gasteiger partial charge in [-0.3, -0.25) is 4.90 Å². The molecule has 2 unspecified atom stereocenters. The van der Waals surface area contributed by atoms with Crippen LogP contribution in [0.25, 0.3) is 0 Å². The molecule has 2 heteroatoms. The molecule has 100 valence electrons. The minimum Gasteiger partial charge on any atom is -0.309 e. The smallest absolute Gasteiger partial charge is 0.0484 e. The number of benzene rings is 1.